The molecule has 0 radical (unpaired) electrons. The van der Waals surface area contributed by atoms with Crippen LogP contribution in [0.3, 0.4) is 0 Å². The first kappa shape index (κ1) is 44.1. The van der Waals surface area contributed by atoms with Crippen LogP contribution >= 0.6 is 0 Å². The van der Waals surface area contributed by atoms with Crippen LogP contribution in [-0.4, -0.2) is 36.7 Å². The lowest BCUT2D eigenvalue weighted by Crippen LogP contribution is -2.06. The molecule has 9 aromatic rings. The van der Waals surface area contributed by atoms with Crippen LogP contribution in [0.5, 0.6) is 0 Å². The van der Waals surface area contributed by atoms with Gasteiger partial charge in [0.1, 0.15) is 11.4 Å². The Morgan fingerprint density at radius 2 is 0.985 bits per heavy atom. The summed E-state index contributed by atoms with van der Waals surface area (Å²) in [6.07, 6.45) is 20.2. The Hall–Kier alpha value is -6.08. The molecular weight excluding hydrogens is 799 g/mol. The van der Waals surface area contributed by atoms with Gasteiger partial charge in [-0.2, -0.15) is 0 Å². The topological polar surface area (TPSA) is 74.8 Å². The molecule has 0 saturated heterocycles. The van der Waals surface area contributed by atoms with Crippen LogP contribution < -0.4 is 0 Å². The van der Waals surface area contributed by atoms with Gasteiger partial charge in [0.05, 0.1) is 28.7 Å². The number of pyridine rings is 1. The predicted octanol–water partition coefficient (Wildman–Crippen LogP) is 15.4. The van der Waals surface area contributed by atoms with Crippen LogP contribution in [0.2, 0.25) is 0 Å². The summed E-state index contributed by atoms with van der Waals surface area (Å²) in [7, 11) is 0. The van der Waals surface area contributed by atoms with Crippen molar-refractivity contribution in [1.29, 1.82) is 0 Å². The minimum absolute atomic E-state index is 0.0703. The van der Waals surface area contributed by atoms with Gasteiger partial charge in [-0.25, -0.2) is 15.0 Å². The van der Waals surface area contributed by atoms with Gasteiger partial charge in [0, 0.05) is 19.5 Å². The van der Waals surface area contributed by atoms with Gasteiger partial charge in [-0.1, -0.05) is 169 Å². The van der Waals surface area contributed by atoms with Crippen molar-refractivity contribution in [2.45, 2.75) is 136 Å². The summed E-state index contributed by atoms with van der Waals surface area (Å²) in [6, 6.07) is 43.2. The maximum Gasteiger partial charge on any atom is 0.305 e. The summed E-state index contributed by atoms with van der Waals surface area (Å²) >= 11 is 0. The first-order chi connectivity index (χ1) is 32.2. The minimum atomic E-state index is -0.0703. The molecule has 6 aromatic carbocycles. The molecule has 0 fully saturated rings. The number of para-hydroxylation sites is 4. The van der Waals surface area contributed by atoms with Gasteiger partial charge >= 0.3 is 5.97 Å². The van der Waals surface area contributed by atoms with Gasteiger partial charge in [-0.15, -0.1) is 0 Å². The van der Waals surface area contributed by atoms with Crippen molar-refractivity contribution in [2.75, 3.05) is 6.61 Å². The highest BCUT2D eigenvalue weighted by Gasteiger charge is 2.18. The van der Waals surface area contributed by atoms with Crippen molar-refractivity contribution in [1.82, 2.24) is 24.1 Å². The van der Waals surface area contributed by atoms with Crippen molar-refractivity contribution in [3.05, 3.63) is 127 Å². The molecule has 0 amide bonds. The Kier molecular flexibility index (Phi) is 14.8. The lowest BCUT2D eigenvalue weighted by Gasteiger charge is -2.14. The zero-order chi connectivity index (χ0) is 44.2. The van der Waals surface area contributed by atoms with E-state index in [0.717, 1.165) is 91.2 Å². The molecule has 0 spiro atoms. The summed E-state index contributed by atoms with van der Waals surface area (Å²) in [4.78, 5) is 28.1. The summed E-state index contributed by atoms with van der Waals surface area (Å²) in [6.45, 7) is 4.66. The van der Waals surface area contributed by atoms with E-state index >= 15 is 0 Å². The SMILES string of the molecule is CCCCCCCCn1c(-c2cccc(-c3nc4ccccc4n3CCCCCCCCCCCOC(=O)CCCc3ccc4ccc5cccc6ccc3c4c56)n2)nc2ccccc21. The third-order valence-corrected chi connectivity index (χ3v) is 13.5. The van der Waals surface area contributed by atoms with E-state index in [9.17, 15) is 4.79 Å². The molecular formula is C58H65N5O2. The Morgan fingerprint density at radius 1 is 0.477 bits per heavy atom. The number of aromatic nitrogens is 5. The fourth-order valence-electron chi connectivity index (χ4n) is 10.0. The summed E-state index contributed by atoms with van der Waals surface area (Å²) in [5, 5.41) is 7.84. The van der Waals surface area contributed by atoms with Crippen molar-refractivity contribution >= 4 is 60.4 Å². The highest BCUT2D eigenvalue weighted by molar-refractivity contribution is 6.23. The van der Waals surface area contributed by atoms with Gasteiger partial charge in [-0.3, -0.25) is 4.79 Å². The Balaban J connectivity index is 0.693. The molecule has 0 atom stereocenters. The van der Waals surface area contributed by atoms with Gasteiger partial charge in [-0.05, 0) is 106 Å². The van der Waals surface area contributed by atoms with Crippen LogP contribution in [0.15, 0.2) is 121 Å². The molecule has 3 aromatic heterocycles. The zero-order valence-corrected chi connectivity index (χ0v) is 38.4. The Bertz CT molecular complexity index is 2950. The Morgan fingerprint density at radius 3 is 1.60 bits per heavy atom. The summed E-state index contributed by atoms with van der Waals surface area (Å²) < 4.78 is 10.4. The molecule has 65 heavy (non-hydrogen) atoms. The van der Waals surface area contributed by atoms with E-state index in [2.05, 4.69) is 137 Å². The van der Waals surface area contributed by atoms with E-state index in [1.54, 1.807) is 0 Å². The molecule has 0 aliphatic carbocycles. The molecule has 0 aliphatic heterocycles. The number of aryl methyl sites for hydroxylation is 3. The fraction of sp³-hybridized carbons (Fsp3) is 0.379. The van der Waals surface area contributed by atoms with Crippen molar-refractivity contribution < 1.29 is 9.53 Å². The second kappa shape index (κ2) is 21.7. The van der Waals surface area contributed by atoms with Gasteiger partial charge < -0.3 is 13.9 Å². The number of unbranched alkanes of at least 4 members (excludes halogenated alkanes) is 13. The number of fused-ring (bicyclic) bond motifs is 2. The molecule has 0 bridgehead atoms. The Labute approximate surface area is 384 Å². The standard InChI is InChI=1S/C58H65N5O2/c1-2-3-4-5-11-18-40-62-52-31-16-14-27-48(52)60-57(62)50-29-23-30-51(59-50)58-61-49-28-15-17-32-53(49)63(58)41-19-12-9-7-6-8-10-13-20-42-65-54(64)33-22-24-43-34-35-46-37-36-44-25-21-26-45-38-39-47(43)56(46)55(44)45/h14-17,21,23,25-32,34-39H,2-13,18-20,22,24,33,40-42H2,1H3. The number of nitrogens with zero attached hydrogens (tertiary/aromatic N) is 5. The smallest absolute Gasteiger partial charge is 0.305 e. The third kappa shape index (κ3) is 10.4. The second-order valence-corrected chi connectivity index (χ2v) is 18.2. The van der Waals surface area contributed by atoms with Crippen molar-refractivity contribution in [3.8, 4) is 23.0 Å². The largest absolute Gasteiger partial charge is 0.466 e. The summed E-state index contributed by atoms with van der Waals surface area (Å²) in [5.41, 5.74) is 7.46. The maximum atomic E-state index is 12.6. The molecule has 334 valence electrons. The molecule has 3 heterocycles. The molecule has 0 N–H and O–H groups in total. The van der Waals surface area contributed by atoms with Gasteiger partial charge in [0.15, 0.2) is 11.6 Å². The number of hydrogen-bond acceptors (Lipinski definition) is 5. The number of benzene rings is 6. The highest BCUT2D eigenvalue weighted by atomic mass is 16.5. The second-order valence-electron chi connectivity index (χ2n) is 18.2. The van der Waals surface area contributed by atoms with Crippen LogP contribution in [0.1, 0.15) is 122 Å². The molecule has 0 saturated carbocycles. The van der Waals surface area contributed by atoms with Crippen LogP contribution in [0.4, 0.5) is 0 Å². The number of imidazole rings is 2. The quantitative estimate of drug-likeness (QED) is 0.0325. The number of hydrogen-bond donors (Lipinski definition) is 0. The number of carbonyl (C=O) groups is 1. The first-order valence-electron chi connectivity index (χ1n) is 24.9. The minimum Gasteiger partial charge on any atom is -0.466 e. The normalized spacial score (nSPS) is 11.9. The average molecular weight is 864 g/mol. The fourth-order valence-corrected chi connectivity index (χ4v) is 10.0. The number of esters is 1. The van der Waals surface area contributed by atoms with E-state index < -0.39 is 0 Å². The van der Waals surface area contributed by atoms with Gasteiger partial charge in [0.25, 0.3) is 0 Å². The summed E-state index contributed by atoms with van der Waals surface area (Å²) in [5.74, 6) is 1.79. The first-order valence-corrected chi connectivity index (χ1v) is 24.9. The molecule has 9 rings (SSSR count). The molecule has 7 nitrogen and oxygen atoms in total. The lowest BCUT2D eigenvalue weighted by molar-refractivity contribution is -0.143. The average Bonchev–Trinajstić information content (AvgIpc) is 3.91. The van der Waals surface area contributed by atoms with Crippen molar-refractivity contribution in [2.24, 2.45) is 0 Å². The number of rotatable bonds is 25. The number of carbonyl (C=O) groups excluding carboxylic acids is 1. The van der Waals surface area contributed by atoms with E-state index in [1.807, 2.05) is 0 Å². The lowest BCUT2D eigenvalue weighted by atomic mass is 9.90. The third-order valence-electron chi connectivity index (χ3n) is 13.5. The van der Waals surface area contributed by atoms with E-state index in [-0.39, 0.29) is 5.97 Å². The molecule has 0 aliphatic rings. The maximum absolute atomic E-state index is 12.6. The highest BCUT2D eigenvalue weighted by Crippen LogP contribution is 2.36. The van der Waals surface area contributed by atoms with E-state index in [0.29, 0.717) is 13.0 Å². The van der Waals surface area contributed by atoms with Crippen molar-refractivity contribution in [3.63, 3.8) is 0 Å². The zero-order valence-electron chi connectivity index (χ0n) is 38.4. The van der Waals surface area contributed by atoms with E-state index in [1.165, 1.54) is 114 Å². The van der Waals surface area contributed by atoms with Crippen LogP contribution in [0, 0.1) is 0 Å². The van der Waals surface area contributed by atoms with Crippen LogP contribution in [-0.2, 0) is 29.0 Å². The van der Waals surface area contributed by atoms with E-state index in [4.69, 9.17) is 19.7 Å². The molecule has 7 heteroatoms. The van der Waals surface area contributed by atoms with Gasteiger partial charge in [0.2, 0.25) is 0 Å². The molecule has 0 unspecified atom stereocenters. The van der Waals surface area contributed by atoms with Crippen LogP contribution in [0.25, 0.3) is 77.4 Å². The monoisotopic (exact) mass is 864 g/mol. The number of ether oxygens (including phenoxy) is 1. The predicted molar refractivity (Wildman–Crippen MR) is 271 cm³/mol.